The molecule has 0 saturated heterocycles. The van der Waals surface area contributed by atoms with Crippen LogP contribution in [0.25, 0.3) is 16.6 Å². The molecule has 36 heavy (non-hydrogen) atoms. The van der Waals surface area contributed by atoms with Crippen molar-refractivity contribution in [2.24, 2.45) is 4.99 Å². The predicted molar refractivity (Wildman–Crippen MR) is 132 cm³/mol. The monoisotopic (exact) mass is 531 g/mol. The van der Waals surface area contributed by atoms with E-state index in [1.807, 2.05) is 41.4 Å². The minimum absolute atomic E-state index is 0.00400. The minimum atomic E-state index is -4.88. The molecule has 3 aromatic rings. The maximum Gasteiger partial charge on any atom is 0.471 e. The number of amides is 1. The largest absolute Gasteiger partial charge is 0.471 e. The maximum absolute atomic E-state index is 13.0. The number of halogens is 4. The maximum atomic E-state index is 13.0. The van der Waals surface area contributed by atoms with Crippen molar-refractivity contribution in [3.8, 4) is 10.4 Å². The molecule has 0 bridgehead atoms. The van der Waals surface area contributed by atoms with E-state index < -0.39 is 12.1 Å². The summed E-state index contributed by atoms with van der Waals surface area (Å²) in [7, 11) is 0. The molecule has 10 heteroatoms. The normalized spacial score (nSPS) is 15.3. The highest BCUT2D eigenvalue weighted by atomic mass is 35.5. The van der Waals surface area contributed by atoms with Crippen molar-refractivity contribution < 1.29 is 22.8 Å². The summed E-state index contributed by atoms with van der Waals surface area (Å²) in [6, 6.07) is 14.9. The SMILES string of the molecule is O=C(CN1C=c2sc(-c3ccc(Cl)cc3)cc2=NC1)c1ccc2c(c1)CCN(C(=O)C(F)(F)F)CC2. The number of rotatable bonds is 4. The van der Waals surface area contributed by atoms with Crippen LogP contribution in [0.4, 0.5) is 13.2 Å². The van der Waals surface area contributed by atoms with Crippen molar-refractivity contribution in [3.05, 3.63) is 80.1 Å². The number of benzene rings is 2. The van der Waals surface area contributed by atoms with Crippen LogP contribution < -0.4 is 9.89 Å². The highest BCUT2D eigenvalue weighted by Crippen LogP contribution is 2.24. The number of nitrogens with zero attached hydrogens (tertiary/aromatic N) is 3. The summed E-state index contributed by atoms with van der Waals surface area (Å²) in [6.07, 6.45) is -2.35. The van der Waals surface area contributed by atoms with Crippen molar-refractivity contribution in [1.29, 1.82) is 0 Å². The Bertz CT molecular complexity index is 1450. The van der Waals surface area contributed by atoms with Crippen molar-refractivity contribution >= 4 is 40.8 Å². The van der Waals surface area contributed by atoms with Gasteiger partial charge in [0, 0.05) is 34.8 Å². The first kappa shape index (κ1) is 24.5. The number of Topliss-reactive ketones (excluding diaryl/α,β-unsaturated/α-hetero) is 1. The van der Waals surface area contributed by atoms with Gasteiger partial charge in [-0.25, -0.2) is 0 Å². The summed E-state index contributed by atoms with van der Waals surface area (Å²) < 4.78 is 39.5. The minimum Gasteiger partial charge on any atom is -0.349 e. The topological polar surface area (TPSA) is 53.0 Å². The molecule has 0 radical (unpaired) electrons. The van der Waals surface area contributed by atoms with E-state index in [-0.39, 0.29) is 31.8 Å². The van der Waals surface area contributed by atoms with Crippen LogP contribution in [0.5, 0.6) is 0 Å². The van der Waals surface area contributed by atoms with Crippen LogP contribution in [0.15, 0.2) is 53.5 Å². The van der Waals surface area contributed by atoms with Gasteiger partial charge in [-0.2, -0.15) is 13.2 Å². The van der Waals surface area contributed by atoms with Crippen LogP contribution in [-0.2, 0) is 17.6 Å². The van der Waals surface area contributed by atoms with Crippen molar-refractivity contribution in [1.82, 2.24) is 9.80 Å². The van der Waals surface area contributed by atoms with Crippen LogP contribution >= 0.6 is 22.9 Å². The number of fused-ring (bicyclic) bond motifs is 2. The molecule has 5 nitrogen and oxygen atoms in total. The van der Waals surface area contributed by atoms with Gasteiger partial charge in [-0.3, -0.25) is 14.6 Å². The molecule has 2 aliphatic rings. The number of ketones is 1. The number of hydrogen-bond acceptors (Lipinski definition) is 5. The molecule has 1 aromatic heterocycles. The van der Waals surface area contributed by atoms with Crippen LogP contribution in [0.3, 0.4) is 0 Å². The van der Waals surface area contributed by atoms with Gasteiger partial charge in [-0.05, 0) is 53.8 Å². The van der Waals surface area contributed by atoms with Gasteiger partial charge in [0.25, 0.3) is 0 Å². The molecule has 1 amide bonds. The first-order valence-corrected chi connectivity index (χ1v) is 12.5. The molecule has 3 heterocycles. The molecule has 2 aliphatic heterocycles. The fourth-order valence-electron chi connectivity index (χ4n) is 4.39. The molecular weight excluding hydrogens is 511 g/mol. The van der Waals surface area contributed by atoms with E-state index in [0.29, 0.717) is 23.7 Å². The lowest BCUT2D eigenvalue weighted by atomic mass is 9.98. The van der Waals surface area contributed by atoms with Gasteiger partial charge in [0.15, 0.2) is 5.78 Å². The molecule has 0 spiro atoms. The highest BCUT2D eigenvalue weighted by Gasteiger charge is 2.42. The van der Waals surface area contributed by atoms with Gasteiger partial charge < -0.3 is 9.80 Å². The zero-order chi connectivity index (χ0) is 25.4. The lowest BCUT2D eigenvalue weighted by Gasteiger charge is -2.21. The molecule has 186 valence electrons. The van der Waals surface area contributed by atoms with Gasteiger partial charge in [-0.15, -0.1) is 11.3 Å². The Morgan fingerprint density at radius 3 is 2.44 bits per heavy atom. The number of carbonyl (C=O) groups excluding carboxylic acids is 2. The van der Waals surface area contributed by atoms with Gasteiger partial charge in [0.05, 0.1) is 16.4 Å². The van der Waals surface area contributed by atoms with Crippen molar-refractivity contribution in [3.63, 3.8) is 0 Å². The first-order chi connectivity index (χ1) is 17.2. The zero-order valence-corrected chi connectivity index (χ0v) is 20.6. The van der Waals surface area contributed by atoms with E-state index in [2.05, 4.69) is 4.99 Å². The summed E-state index contributed by atoms with van der Waals surface area (Å²) in [5.41, 5.74) is 3.21. The predicted octanol–water partition coefficient (Wildman–Crippen LogP) is 4.07. The molecule has 5 rings (SSSR count). The van der Waals surface area contributed by atoms with E-state index in [4.69, 9.17) is 11.6 Å². The highest BCUT2D eigenvalue weighted by molar-refractivity contribution is 7.13. The van der Waals surface area contributed by atoms with Crippen LogP contribution in [0, 0.1) is 0 Å². The zero-order valence-electron chi connectivity index (χ0n) is 19.0. The van der Waals surface area contributed by atoms with Crippen LogP contribution in [-0.4, -0.2) is 54.0 Å². The molecule has 0 unspecified atom stereocenters. The first-order valence-electron chi connectivity index (χ1n) is 11.3. The van der Waals surface area contributed by atoms with E-state index in [1.54, 1.807) is 29.5 Å². The van der Waals surface area contributed by atoms with Gasteiger partial charge in [0.1, 0.15) is 6.67 Å². The van der Waals surface area contributed by atoms with Crippen LogP contribution in [0.2, 0.25) is 5.02 Å². The third-order valence-electron chi connectivity index (χ3n) is 6.30. The second-order valence-corrected chi connectivity index (χ2v) is 10.3. The molecular formula is C26H21ClF3N3O2S. The van der Waals surface area contributed by atoms with E-state index in [1.165, 1.54) is 0 Å². The Hall–Kier alpha value is -3.17. The van der Waals surface area contributed by atoms with E-state index >= 15 is 0 Å². The second-order valence-electron chi connectivity index (χ2n) is 8.74. The molecule has 0 aliphatic carbocycles. The molecule has 0 saturated carbocycles. The van der Waals surface area contributed by atoms with Gasteiger partial charge in [0.2, 0.25) is 0 Å². The van der Waals surface area contributed by atoms with Crippen molar-refractivity contribution in [2.45, 2.75) is 19.0 Å². The summed E-state index contributed by atoms with van der Waals surface area (Å²) in [6.45, 7) is 0.465. The summed E-state index contributed by atoms with van der Waals surface area (Å²) in [4.78, 5) is 33.0. The van der Waals surface area contributed by atoms with Crippen molar-refractivity contribution in [2.75, 3.05) is 26.3 Å². The Morgan fingerprint density at radius 2 is 1.72 bits per heavy atom. The van der Waals surface area contributed by atoms with Gasteiger partial charge in [-0.1, -0.05) is 35.9 Å². The number of hydrogen-bond donors (Lipinski definition) is 0. The molecule has 0 fully saturated rings. The Morgan fingerprint density at radius 1 is 1.00 bits per heavy atom. The molecule has 0 atom stereocenters. The fraction of sp³-hybridized carbons (Fsp3) is 0.269. The summed E-state index contributed by atoms with van der Waals surface area (Å²) in [5.74, 6) is -1.92. The Labute approximate surface area is 214 Å². The van der Waals surface area contributed by atoms with Gasteiger partial charge >= 0.3 is 12.1 Å². The standard InChI is InChI=1S/C26H21ClF3N3O2S/c27-20-5-3-17(4-6-20)23-12-21-24(36-23)14-32(15-31-21)13-22(34)19-2-1-16-7-9-33(10-8-18(16)11-19)25(35)26(28,29)30/h1-6,11-12,14H,7-10,13,15H2. The Kier molecular flexibility index (Phi) is 6.61. The lowest BCUT2D eigenvalue weighted by molar-refractivity contribution is -0.185. The number of carbonyl (C=O) groups is 2. The summed E-state index contributed by atoms with van der Waals surface area (Å²) >= 11 is 7.57. The summed E-state index contributed by atoms with van der Waals surface area (Å²) in [5, 5.41) is 1.56. The smallest absolute Gasteiger partial charge is 0.349 e. The lowest BCUT2D eigenvalue weighted by Crippen LogP contribution is -2.42. The molecule has 0 N–H and O–H groups in total. The third-order valence-corrected chi connectivity index (χ3v) is 7.66. The quantitative estimate of drug-likeness (QED) is 0.477. The van der Waals surface area contributed by atoms with E-state index in [9.17, 15) is 22.8 Å². The third kappa shape index (κ3) is 5.17. The number of alkyl halides is 3. The average Bonchev–Trinajstić information content (AvgIpc) is 3.15. The fourth-order valence-corrected chi connectivity index (χ4v) is 5.61. The van der Waals surface area contributed by atoms with Crippen LogP contribution in [0.1, 0.15) is 21.5 Å². The second kappa shape index (κ2) is 9.71. The Balaban J connectivity index is 1.28. The average molecular weight is 532 g/mol. The van der Waals surface area contributed by atoms with E-state index in [0.717, 1.165) is 36.4 Å². The molecule has 2 aromatic carbocycles. The number of thiophene rings is 1.